The van der Waals surface area contributed by atoms with Crippen molar-refractivity contribution in [2.45, 2.75) is 20.3 Å². The van der Waals surface area contributed by atoms with Crippen LogP contribution >= 0.6 is 72.0 Å². The quantitative estimate of drug-likeness (QED) is 0.250. The Labute approximate surface area is 129 Å². The Bertz CT molecular complexity index is 232. The van der Waals surface area contributed by atoms with E-state index in [0.29, 0.717) is 0 Å². The molecule has 0 heterocycles. The van der Waals surface area contributed by atoms with Gasteiger partial charge in [0.15, 0.2) is 0 Å². The van der Waals surface area contributed by atoms with Crippen molar-refractivity contribution in [3.05, 3.63) is 24.7 Å². The minimum atomic E-state index is -2.47. The average molecular weight is 506 g/mol. The van der Waals surface area contributed by atoms with Gasteiger partial charge in [-0.3, -0.25) is 0 Å². The maximum absolute atomic E-state index is 11.1. The SMILES string of the molecule is O=[PH](OC=CCC(Br)Br)OC=CCC(Br)Br. The second-order valence-corrected chi connectivity index (χ2v) is 10.3. The van der Waals surface area contributed by atoms with Crippen LogP contribution in [0.4, 0.5) is 0 Å². The molecule has 0 atom stereocenters. The Hall–Kier alpha value is 1.23. The third-order valence-electron chi connectivity index (χ3n) is 1.15. The molecule has 0 amide bonds. The number of allylic oxidation sites excluding steroid dienone is 2. The number of hydrogen-bond acceptors (Lipinski definition) is 3. The second kappa shape index (κ2) is 11.3. The Morgan fingerprint density at radius 3 is 1.62 bits per heavy atom. The molecule has 0 aromatic rings. The van der Waals surface area contributed by atoms with Crippen molar-refractivity contribution >= 4 is 72.0 Å². The van der Waals surface area contributed by atoms with E-state index >= 15 is 0 Å². The van der Waals surface area contributed by atoms with Crippen LogP contribution in [0, 0.1) is 0 Å². The minimum Gasteiger partial charge on any atom is -0.426 e. The lowest BCUT2D eigenvalue weighted by molar-refractivity contribution is 0.354. The van der Waals surface area contributed by atoms with Gasteiger partial charge in [-0.2, -0.15) is 0 Å². The maximum Gasteiger partial charge on any atom is 0.417 e. The molecule has 0 radical (unpaired) electrons. The summed E-state index contributed by atoms with van der Waals surface area (Å²) in [5, 5.41) is 0. The monoisotopic (exact) mass is 502 g/mol. The van der Waals surface area contributed by atoms with Crippen LogP contribution in [0.3, 0.4) is 0 Å². The lowest BCUT2D eigenvalue weighted by Crippen LogP contribution is -1.80. The van der Waals surface area contributed by atoms with Crippen LogP contribution in [0.1, 0.15) is 12.8 Å². The fourth-order valence-electron chi connectivity index (χ4n) is 0.552. The molecule has 0 N–H and O–H groups in total. The van der Waals surface area contributed by atoms with E-state index in [1.165, 1.54) is 12.5 Å². The highest BCUT2D eigenvalue weighted by atomic mass is 79.9. The number of halogens is 4. The molecule has 0 aliphatic carbocycles. The summed E-state index contributed by atoms with van der Waals surface area (Å²) >= 11 is 13.2. The first-order valence-corrected chi connectivity index (χ1v) is 9.14. The predicted molar refractivity (Wildman–Crippen MR) is 82.0 cm³/mol. The Morgan fingerprint density at radius 2 is 1.31 bits per heavy atom. The van der Waals surface area contributed by atoms with Gasteiger partial charge in [0.1, 0.15) is 0 Å². The van der Waals surface area contributed by atoms with Crippen molar-refractivity contribution in [2.75, 3.05) is 0 Å². The molecule has 0 aliphatic rings. The standard InChI is InChI=1S/C8H11Br4O3P/c9-7(10)3-1-5-14-16(13)15-6-2-4-8(11)12/h1-2,5-8,16H,3-4H2. The van der Waals surface area contributed by atoms with E-state index in [2.05, 4.69) is 63.7 Å². The molecule has 0 aromatic carbocycles. The van der Waals surface area contributed by atoms with Crippen LogP contribution in [0.25, 0.3) is 0 Å². The molecule has 16 heavy (non-hydrogen) atoms. The van der Waals surface area contributed by atoms with Crippen molar-refractivity contribution in [3.8, 4) is 0 Å². The highest BCUT2D eigenvalue weighted by Crippen LogP contribution is 2.25. The van der Waals surface area contributed by atoms with Crippen molar-refractivity contribution in [1.82, 2.24) is 0 Å². The minimum absolute atomic E-state index is 0.192. The van der Waals surface area contributed by atoms with Crippen LogP contribution < -0.4 is 0 Å². The topological polar surface area (TPSA) is 35.5 Å². The molecule has 0 saturated carbocycles. The van der Waals surface area contributed by atoms with Gasteiger partial charge in [-0.1, -0.05) is 63.7 Å². The summed E-state index contributed by atoms with van der Waals surface area (Å²) in [6, 6.07) is 0. The normalized spacial score (nSPS) is 14.1. The Kier molecular flexibility index (Phi) is 12.2. The van der Waals surface area contributed by atoms with Gasteiger partial charge in [-0.25, -0.2) is 4.57 Å². The Morgan fingerprint density at radius 1 is 0.938 bits per heavy atom. The van der Waals surface area contributed by atoms with Crippen LogP contribution in [0.15, 0.2) is 24.7 Å². The second-order valence-electron chi connectivity index (χ2n) is 2.48. The van der Waals surface area contributed by atoms with E-state index in [1.807, 2.05) is 0 Å². The molecule has 0 bridgehead atoms. The fourth-order valence-corrected chi connectivity index (χ4v) is 1.89. The molecule has 94 valence electrons. The number of rotatable bonds is 8. The maximum atomic E-state index is 11.1. The highest BCUT2D eigenvalue weighted by Gasteiger charge is 1.96. The van der Waals surface area contributed by atoms with Crippen LogP contribution in [0.2, 0.25) is 0 Å². The van der Waals surface area contributed by atoms with Gasteiger partial charge in [0.05, 0.1) is 20.0 Å². The zero-order chi connectivity index (χ0) is 12.4. The smallest absolute Gasteiger partial charge is 0.417 e. The van der Waals surface area contributed by atoms with Gasteiger partial charge >= 0.3 is 8.25 Å². The van der Waals surface area contributed by atoms with Crippen LogP contribution in [0.5, 0.6) is 0 Å². The zero-order valence-electron chi connectivity index (χ0n) is 8.11. The molecule has 0 spiro atoms. The summed E-state index contributed by atoms with van der Waals surface area (Å²) in [7, 11) is -2.47. The first-order chi connectivity index (χ1) is 7.52. The lowest BCUT2D eigenvalue weighted by Gasteiger charge is -2.00. The Balaban J connectivity index is 3.59. The molecule has 0 fully saturated rings. The molecule has 8 heteroatoms. The summed E-state index contributed by atoms with van der Waals surface area (Å²) in [6.07, 6.45) is 7.72. The molecule has 0 saturated heterocycles. The fraction of sp³-hybridized carbons (Fsp3) is 0.500. The molecule has 3 nitrogen and oxygen atoms in total. The van der Waals surface area contributed by atoms with Crippen molar-refractivity contribution in [2.24, 2.45) is 0 Å². The molecular formula is C8H11Br4O3P. The highest BCUT2D eigenvalue weighted by molar-refractivity contribution is 9.25. The molecular weight excluding hydrogens is 495 g/mol. The van der Waals surface area contributed by atoms with Gasteiger partial charge in [0.25, 0.3) is 0 Å². The predicted octanol–water partition coefficient (Wildman–Crippen LogP) is 5.45. The summed E-state index contributed by atoms with van der Waals surface area (Å²) in [5.74, 6) is 0. The van der Waals surface area contributed by atoms with Gasteiger partial charge in [-0.05, 0) is 25.0 Å². The lowest BCUT2D eigenvalue weighted by atomic mass is 10.5. The summed E-state index contributed by atoms with van der Waals surface area (Å²) in [4.78, 5) is 0. The summed E-state index contributed by atoms with van der Waals surface area (Å²) < 4.78 is 21.2. The van der Waals surface area contributed by atoms with Gasteiger partial charge in [0.2, 0.25) is 0 Å². The number of hydrogen-bond donors (Lipinski definition) is 0. The van der Waals surface area contributed by atoms with Crippen LogP contribution in [-0.2, 0) is 13.6 Å². The van der Waals surface area contributed by atoms with E-state index in [0.717, 1.165) is 12.8 Å². The first-order valence-electron chi connectivity index (χ1n) is 4.26. The van der Waals surface area contributed by atoms with Crippen LogP contribution in [-0.4, -0.2) is 7.47 Å². The van der Waals surface area contributed by atoms with E-state index in [-0.39, 0.29) is 7.47 Å². The largest absolute Gasteiger partial charge is 0.426 e. The first kappa shape index (κ1) is 17.2. The summed E-state index contributed by atoms with van der Waals surface area (Å²) in [6.45, 7) is 0. The molecule has 0 aliphatic heterocycles. The molecule has 0 unspecified atom stereocenters. The number of alkyl halides is 4. The summed E-state index contributed by atoms with van der Waals surface area (Å²) in [5.41, 5.74) is 0. The average Bonchev–Trinajstić information content (AvgIpc) is 2.19. The van der Waals surface area contributed by atoms with E-state index in [4.69, 9.17) is 9.05 Å². The van der Waals surface area contributed by atoms with Gasteiger partial charge < -0.3 is 9.05 Å². The van der Waals surface area contributed by atoms with E-state index < -0.39 is 8.25 Å². The van der Waals surface area contributed by atoms with Crippen molar-refractivity contribution in [1.29, 1.82) is 0 Å². The zero-order valence-corrected chi connectivity index (χ0v) is 15.5. The van der Waals surface area contributed by atoms with E-state index in [1.54, 1.807) is 12.2 Å². The van der Waals surface area contributed by atoms with Crippen molar-refractivity contribution < 1.29 is 13.6 Å². The van der Waals surface area contributed by atoms with Gasteiger partial charge in [0, 0.05) is 0 Å². The van der Waals surface area contributed by atoms with Crippen molar-refractivity contribution in [3.63, 3.8) is 0 Å². The molecule has 0 aromatic heterocycles. The third-order valence-corrected chi connectivity index (χ3v) is 3.30. The van der Waals surface area contributed by atoms with Gasteiger partial charge in [-0.15, -0.1) is 0 Å². The molecule has 0 rings (SSSR count). The third kappa shape index (κ3) is 13.3. The van der Waals surface area contributed by atoms with E-state index in [9.17, 15) is 4.57 Å².